The van der Waals surface area contributed by atoms with Crippen LogP contribution in [0.15, 0.2) is 94.7 Å². The number of fused-ring (bicyclic) bond motifs is 5. The van der Waals surface area contributed by atoms with Gasteiger partial charge < -0.3 is 14.1 Å². The smallest absolute Gasteiger partial charge is 0.374 e. The number of allylic oxidation sites excluding steroid dienone is 2. The lowest BCUT2D eigenvalue weighted by atomic mass is 10.1. The minimum absolute atomic E-state index is 0.236. The third kappa shape index (κ3) is 5.09. The largest absolute Gasteiger partial charge is 0.439 e. The normalized spacial score (nSPS) is 15.7. The van der Waals surface area contributed by atoms with Crippen LogP contribution in [0.25, 0.3) is 38.7 Å². The molecule has 2 heterocycles. The Morgan fingerprint density at radius 2 is 1.71 bits per heavy atom. The molecular weight excluding hydrogens is 536 g/mol. The van der Waals surface area contributed by atoms with E-state index in [9.17, 15) is 13.0 Å². The molecule has 8 heteroatoms. The monoisotopic (exact) mass is 569 g/mol. The van der Waals surface area contributed by atoms with Crippen molar-refractivity contribution in [1.82, 2.24) is 0 Å². The Balaban J connectivity index is 1.44. The van der Waals surface area contributed by atoms with E-state index in [1.165, 1.54) is 6.92 Å². The Morgan fingerprint density at radius 3 is 2.41 bits per heavy atom. The van der Waals surface area contributed by atoms with Crippen molar-refractivity contribution >= 4 is 54.5 Å². The van der Waals surface area contributed by atoms with E-state index in [1.807, 2.05) is 65.3 Å². The molecule has 6 rings (SSSR count). The third-order valence-corrected chi connectivity index (χ3v) is 9.08. The number of benzene rings is 4. The molecule has 210 valence electrons. The second-order valence-electron chi connectivity index (χ2n) is 10.4. The fourth-order valence-corrected chi connectivity index (χ4v) is 5.85. The minimum Gasteiger partial charge on any atom is -0.439 e. The van der Waals surface area contributed by atoms with Crippen LogP contribution in [0.5, 0.6) is 5.75 Å². The SMILES string of the molecule is CCC(/C=C1\Oc2cc3ccccc3cc2N1CC)=C\c1oc2ccc3ccccc3c2[n+]1CCC(C)S(=O)(=O)O. The number of aryl methyl sites for hydroxylation is 1. The molecule has 0 saturated heterocycles. The molecular formula is C33H33N2O5S+. The van der Waals surface area contributed by atoms with Gasteiger partial charge in [0.15, 0.2) is 12.3 Å². The molecule has 1 N–H and O–H groups in total. The van der Waals surface area contributed by atoms with Gasteiger partial charge in [-0.2, -0.15) is 13.0 Å². The lowest BCUT2D eigenvalue weighted by molar-refractivity contribution is -0.677. The van der Waals surface area contributed by atoms with Crippen LogP contribution >= 0.6 is 0 Å². The predicted octanol–water partition coefficient (Wildman–Crippen LogP) is 7.25. The zero-order chi connectivity index (χ0) is 28.7. The Bertz CT molecular complexity index is 1960. The summed E-state index contributed by atoms with van der Waals surface area (Å²) in [5, 5.41) is 3.47. The number of oxazole rings is 1. The van der Waals surface area contributed by atoms with Gasteiger partial charge in [0, 0.05) is 19.0 Å². The molecule has 1 aromatic heterocycles. The average Bonchev–Trinajstić information content (AvgIpc) is 3.49. The van der Waals surface area contributed by atoms with Crippen molar-refractivity contribution in [3.63, 3.8) is 0 Å². The van der Waals surface area contributed by atoms with Crippen LogP contribution in [-0.2, 0) is 16.7 Å². The molecule has 0 amide bonds. The Hall–Kier alpha value is -4.14. The highest BCUT2D eigenvalue weighted by Gasteiger charge is 2.28. The molecule has 0 bridgehead atoms. The number of nitrogens with zero attached hydrogens (tertiary/aromatic N) is 2. The Labute approximate surface area is 239 Å². The predicted molar refractivity (Wildman–Crippen MR) is 163 cm³/mol. The van der Waals surface area contributed by atoms with Crippen LogP contribution in [0, 0.1) is 0 Å². The molecule has 0 radical (unpaired) electrons. The van der Waals surface area contributed by atoms with Gasteiger partial charge in [0.05, 0.1) is 22.4 Å². The van der Waals surface area contributed by atoms with Crippen LogP contribution in [-0.4, -0.2) is 24.8 Å². The summed E-state index contributed by atoms with van der Waals surface area (Å²) in [6, 6.07) is 24.5. The maximum Gasteiger partial charge on any atom is 0.374 e. The van der Waals surface area contributed by atoms with Gasteiger partial charge in [0.1, 0.15) is 0 Å². The van der Waals surface area contributed by atoms with Crippen LogP contribution in [0.3, 0.4) is 0 Å². The first kappa shape index (κ1) is 27.1. The summed E-state index contributed by atoms with van der Waals surface area (Å²) in [5.74, 6) is 2.19. The first-order valence-corrected chi connectivity index (χ1v) is 15.5. The Morgan fingerprint density at radius 1 is 1.00 bits per heavy atom. The molecule has 1 aliphatic heterocycles. The van der Waals surface area contributed by atoms with Crippen molar-refractivity contribution in [2.24, 2.45) is 0 Å². The summed E-state index contributed by atoms with van der Waals surface area (Å²) in [5.41, 5.74) is 3.64. The van der Waals surface area contributed by atoms with Gasteiger partial charge in [0.25, 0.3) is 15.6 Å². The number of anilines is 1. The summed E-state index contributed by atoms with van der Waals surface area (Å²) < 4.78 is 47.9. The van der Waals surface area contributed by atoms with E-state index in [0.717, 1.165) is 62.9 Å². The standard InChI is InChI=1S/C33H32N2O5S/c1-4-23(18-31-34(5-2)28-20-25-11-6-7-12-26(25)21-30(28)40-31)19-32-35(17-16-22(3)41(36,37)38)33-27-13-9-8-10-24(27)14-15-29(33)39-32/h6-15,18-22H,4-5,16-17H2,1-3H3/p+1. The highest BCUT2D eigenvalue weighted by atomic mass is 32.2. The van der Waals surface area contributed by atoms with Gasteiger partial charge in [-0.1, -0.05) is 55.5 Å². The maximum absolute atomic E-state index is 11.8. The molecule has 0 spiro atoms. The summed E-state index contributed by atoms with van der Waals surface area (Å²) in [7, 11) is -4.15. The molecule has 1 unspecified atom stereocenters. The zero-order valence-corrected chi connectivity index (χ0v) is 24.2. The first-order chi connectivity index (χ1) is 19.8. The van der Waals surface area contributed by atoms with Gasteiger partial charge in [-0.3, -0.25) is 4.55 Å². The number of ether oxygens (including phenoxy) is 1. The van der Waals surface area contributed by atoms with E-state index in [0.29, 0.717) is 18.0 Å². The van der Waals surface area contributed by atoms with Gasteiger partial charge in [-0.05, 0) is 66.3 Å². The molecule has 1 atom stereocenters. The molecule has 0 aliphatic carbocycles. The lowest BCUT2D eigenvalue weighted by Crippen LogP contribution is -2.38. The molecule has 0 fully saturated rings. The first-order valence-electron chi connectivity index (χ1n) is 14.0. The molecule has 1 aliphatic rings. The van der Waals surface area contributed by atoms with Crippen LogP contribution in [0.2, 0.25) is 0 Å². The highest BCUT2D eigenvalue weighted by molar-refractivity contribution is 7.86. The van der Waals surface area contributed by atoms with Gasteiger partial charge >= 0.3 is 5.89 Å². The van der Waals surface area contributed by atoms with E-state index < -0.39 is 15.4 Å². The van der Waals surface area contributed by atoms with Crippen molar-refractivity contribution in [2.45, 2.75) is 45.4 Å². The number of rotatable bonds is 8. The minimum atomic E-state index is -4.15. The zero-order valence-electron chi connectivity index (χ0n) is 23.4. The summed E-state index contributed by atoms with van der Waals surface area (Å²) in [6.07, 6.45) is 5.00. The van der Waals surface area contributed by atoms with Gasteiger partial charge in [-0.25, -0.2) is 0 Å². The Kier molecular flexibility index (Phi) is 7.05. The molecule has 5 aromatic rings. The van der Waals surface area contributed by atoms with Crippen molar-refractivity contribution in [1.29, 1.82) is 0 Å². The number of hydrogen-bond donors (Lipinski definition) is 1. The van der Waals surface area contributed by atoms with E-state index in [-0.39, 0.29) is 6.42 Å². The van der Waals surface area contributed by atoms with E-state index in [1.54, 1.807) is 0 Å². The second kappa shape index (κ2) is 10.7. The molecule has 7 nitrogen and oxygen atoms in total. The van der Waals surface area contributed by atoms with Crippen LogP contribution in [0.4, 0.5) is 5.69 Å². The van der Waals surface area contributed by atoms with Gasteiger partial charge in [0.2, 0.25) is 11.5 Å². The molecule has 0 saturated carbocycles. The quantitative estimate of drug-likeness (QED) is 0.157. The fourth-order valence-electron chi connectivity index (χ4n) is 5.45. The lowest BCUT2D eigenvalue weighted by Gasteiger charge is -2.16. The van der Waals surface area contributed by atoms with Gasteiger partial charge in [-0.15, -0.1) is 0 Å². The second-order valence-corrected chi connectivity index (χ2v) is 12.2. The summed E-state index contributed by atoms with van der Waals surface area (Å²) in [4.78, 5) is 2.17. The van der Waals surface area contributed by atoms with Crippen molar-refractivity contribution in [2.75, 3.05) is 11.4 Å². The van der Waals surface area contributed by atoms with Crippen molar-refractivity contribution < 1.29 is 26.7 Å². The fraction of sp³-hybridized carbons (Fsp3) is 0.242. The topological polar surface area (TPSA) is 83.9 Å². The number of aromatic nitrogens is 1. The van der Waals surface area contributed by atoms with Crippen LogP contribution in [0.1, 0.15) is 39.5 Å². The van der Waals surface area contributed by atoms with Crippen molar-refractivity contribution in [3.8, 4) is 5.75 Å². The van der Waals surface area contributed by atoms with Crippen LogP contribution < -0.4 is 14.2 Å². The van der Waals surface area contributed by atoms with E-state index in [2.05, 4.69) is 43.0 Å². The van der Waals surface area contributed by atoms with Crippen molar-refractivity contribution in [3.05, 3.63) is 96.2 Å². The highest BCUT2D eigenvalue weighted by Crippen LogP contribution is 2.42. The van der Waals surface area contributed by atoms with E-state index in [4.69, 9.17) is 9.15 Å². The summed E-state index contributed by atoms with van der Waals surface area (Å²) >= 11 is 0. The number of hydrogen-bond acceptors (Lipinski definition) is 5. The average molecular weight is 570 g/mol. The molecule has 41 heavy (non-hydrogen) atoms. The summed E-state index contributed by atoms with van der Waals surface area (Å²) in [6.45, 7) is 6.81. The molecule has 4 aromatic carbocycles. The third-order valence-electron chi connectivity index (χ3n) is 7.82. The van der Waals surface area contributed by atoms with E-state index >= 15 is 0 Å². The maximum atomic E-state index is 11.8.